The van der Waals surface area contributed by atoms with E-state index in [1.807, 2.05) is 60.7 Å². The molecule has 0 fully saturated rings. The standard InChI is InChI=1S/C48H33N3O/c1-48(2)39-23-10-9-20-37(39)43-35(21-12-24-40(43)48)33-26-27-41-38(29-33)44-36(22-13-25-42(44)52-41)32-18-11-19-34(28-32)47-50-45(30-14-5-3-6-15-30)49-46(51-47)31-16-7-4-8-17-31/h3-29H,1-2H3. The van der Waals surface area contributed by atoms with E-state index in [-0.39, 0.29) is 5.41 Å². The lowest BCUT2D eigenvalue weighted by Crippen LogP contribution is -2.14. The molecule has 246 valence electrons. The van der Waals surface area contributed by atoms with Crippen molar-refractivity contribution < 1.29 is 4.42 Å². The average molecular weight is 668 g/mol. The Morgan fingerprint density at radius 2 is 0.942 bits per heavy atom. The molecule has 0 aliphatic heterocycles. The van der Waals surface area contributed by atoms with Gasteiger partial charge in [0, 0.05) is 32.9 Å². The molecule has 0 unspecified atom stereocenters. The van der Waals surface area contributed by atoms with Gasteiger partial charge in [-0.05, 0) is 68.8 Å². The maximum Gasteiger partial charge on any atom is 0.164 e. The molecule has 0 spiro atoms. The van der Waals surface area contributed by atoms with E-state index in [1.54, 1.807) is 0 Å². The molecule has 2 heterocycles. The fraction of sp³-hybridized carbons (Fsp3) is 0.0625. The Morgan fingerprint density at radius 3 is 1.69 bits per heavy atom. The molecular weight excluding hydrogens is 635 g/mol. The van der Waals surface area contributed by atoms with Crippen molar-refractivity contribution in [2.75, 3.05) is 0 Å². The SMILES string of the molecule is CC1(C)c2ccccc2-c2c(-c3ccc4oc5cccc(-c6cccc(-c7nc(-c8ccccc8)nc(-c8ccccc8)n7)c6)c5c4c3)cccc21. The van der Waals surface area contributed by atoms with Crippen LogP contribution in [0.3, 0.4) is 0 Å². The molecule has 0 bridgehead atoms. The maximum absolute atomic E-state index is 6.50. The summed E-state index contributed by atoms with van der Waals surface area (Å²) in [5.41, 5.74) is 14.4. The number of rotatable bonds is 5. The zero-order chi connectivity index (χ0) is 34.8. The lowest BCUT2D eigenvalue weighted by Gasteiger charge is -2.21. The highest BCUT2D eigenvalue weighted by Gasteiger charge is 2.36. The predicted octanol–water partition coefficient (Wildman–Crippen LogP) is 12.4. The summed E-state index contributed by atoms with van der Waals surface area (Å²) in [7, 11) is 0. The Morgan fingerprint density at radius 1 is 0.404 bits per heavy atom. The monoisotopic (exact) mass is 667 g/mol. The van der Waals surface area contributed by atoms with Crippen molar-refractivity contribution in [1.29, 1.82) is 0 Å². The van der Waals surface area contributed by atoms with Crippen LogP contribution >= 0.6 is 0 Å². The average Bonchev–Trinajstić information content (AvgIpc) is 3.70. The van der Waals surface area contributed by atoms with Crippen LogP contribution < -0.4 is 0 Å². The summed E-state index contributed by atoms with van der Waals surface area (Å²) >= 11 is 0. The van der Waals surface area contributed by atoms with Gasteiger partial charge >= 0.3 is 0 Å². The number of benzene rings is 7. The maximum atomic E-state index is 6.50. The highest BCUT2D eigenvalue weighted by atomic mass is 16.3. The summed E-state index contributed by atoms with van der Waals surface area (Å²) in [4.78, 5) is 14.9. The molecule has 10 rings (SSSR count). The summed E-state index contributed by atoms with van der Waals surface area (Å²) in [6.45, 7) is 4.66. The Balaban J connectivity index is 1.13. The van der Waals surface area contributed by atoms with Gasteiger partial charge in [0.1, 0.15) is 11.2 Å². The number of furan rings is 1. The van der Waals surface area contributed by atoms with E-state index in [1.165, 1.54) is 33.4 Å². The lowest BCUT2D eigenvalue weighted by atomic mass is 9.82. The van der Waals surface area contributed by atoms with Crippen molar-refractivity contribution in [3.63, 3.8) is 0 Å². The molecule has 4 nitrogen and oxygen atoms in total. The van der Waals surface area contributed by atoms with Crippen LogP contribution in [0, 0.1) is 0 Å². The van der Waals surface area contributed by atoms with Gasteiger partial charge in [-0.25, -0.2) is 15.0 Å². The van der Waals surface area contributed by atoms with Crippen molar-refractivity contribution in [1.82, 2.24) is 15.0 Å². The van der Waals surface area contributed by atoms with E-state index in [2.05, 4.69) is 117 Å². The molecule has 52 heavy (non-hydrogen) atoms. The molecule has 4 heteroatoms. The molecule has 7 aromatic carbocycles. The molecule has 0 radical (unpaired) electrons. The zero-order valence-corrected chi connectivity index (χ0v) is 28.8. The Labute approximate surface area is 302 Å². The van der Waals surface area contributed by atoms with Gasteiger partial charge in [-0.2, -0.15) is 0 Å². The van der Waals surface area contributed by atoms with Crippen LogP contribution in [0.25, 0.3) is 89.5 Å². The van der Waals surface area contributed by atoms with Gasteiger partial charge < -0.3 is 4.42 Å². The van der Waals surface area contributed by atoms with Crippen LogP contribution in [-0.4, -0.2) is 15.0 Å². The minimum atomic E-state index is -0.0607. The topological polar surface area (TPSA) is 51.8 Å². The largest absolute Gasteiger partial charge is 0.456 e. The van der Waals surface area contributed by atoms with Gasteiger partial charge in [-0.1, -0.05) is 153 Å². The summed E-state index contributed by atoms with van der Waals surface area (Å²) in [5.74, 6) is 1.91. The second-order valence-electron chi connectivity index (χ2n) is 14.0. The summed E-state index contributed by atoms with van der Waals surface area (Å²) < 4.78 is 6.50. The highest BCUT2D eigenvalue weighted by Crippen LogP contribution is 2.52. The van der Waals surface area contributed by atoms with E-state index < -0.39 is 0 Å². The van der Waals surface area contributed by atoms with Gasteiger partial charge in [0.25, 0.3) is 0 Å². The number of hydrogen-bond donors (Lipinski definition) is 0. The molecule has 0 saturated heterocycles. The number of hydrogen-bond acceptors (Lipinski definition) is 4. The summed E-state index contributed by atoms with van der Waals surface area (Å²) in [5, 5.41) is 2.19. The molecule has 0 atom stereocenters. The van der Waals surface area contributed by atoms with Crippen LogP contribution in [0.15, 0.2) is 168 Å². The van der Waals surface area contributed by atoms with Crippen molar-refractivity contribution in [2.45, 2.75) is 19.3 Å². The fourth-order valence-electron chi connectivity index (χ4n) is 7.99. The van der Waals surface area contributed by atoms with Crippen molar-refractivity contribution in [3.8, 4) is 67.5 Å². The molecule has 9 aromatic rings. The van der Waals surface area contributed by atoms with E-state index in [4.69, 9.17) is 19.4 Å². The second-order valence-corrected chi connectivity index (χ2v) is 14.0. The summed E-state index contributed by atoms with van der Waals surface area (Å²) in [6.07, 6.45) is 0. The molecule has 0 saturated carbocycles. The van der Waals surface area contributed by atoms with Crippen molar-refractivity contribution >= 4 is 21.9 Å². The van der Waals surface area contributed by atoms with Crippen LogP contribution in [0.2, 0.25) is 0 Å². The third-order valence-corrected chi connectivity index (χ3v) is 10.5. The number of nitrogens with zero attached hydrogens (tertiary/aromatic N) is 3. The number of fused-ring (bicyclic) bond motifs is 6. The van der Waals surface area contributed by atoms with Gasteiger partial charge in [0.15, 0.2) is 17.5 Å². The molecule has 0 N–H and O–H groups in total. The van der Waals surface area contributed by atoms with E-state index in [0.717, 1.165) is 49.8 Å². The molecular formula is C48H33N3O. The van der Waals surface area contributed by atoms with Crippen LogP contribution in [0.5, 0.6) is 0 Å². The van der Waals surface area contributed by atoms with Crippen LogP contribution in [0.4, 0.5) is 0 Å². The molecule has 1 aliphatic rings. The minimum Gasteiger partial charge on any atom is -0.456 e. The zero-order valence-electron chi connectivity index (χ0n) is 28.8. The van der Waals surface area contributed by atoms with E-state index in [0.29, 0.717) is 17.5 Å². The van der Waals surface area contributed by atoms with Crippen LogP contribution in [0.1, 0.15) is 25.0 Å². The third kappa shape index (κ3) is 4.79. The molecule has 2 aromatic heterocycles. The highest BCUT2D eigenvalue weighted by molar-refractivity contribution is 6.13. The first kappa shape index (κ1) is 30.2. The smallest absolute Gasteiger partial charge is 0.164 e. The van der Waals surface area contributed by atoms with Gasteiger partial charge in [-0.3, -0.25) is 0 Å². The minimum absolute atomic E-state index is 0.0607. The quantitative estimate of drug-likeness (QED) is 0.183. The first-order chi connectivity index (χ1) is 25.5. The van der Waals surface area contributed by atoms with E-state index >= 15 is 0 Å². The fourth-order valence-corrected chi connectivity index (χ4v) is 7.99. The first-order valence-corrected chi connectivity index (χ1v) is 17.7. The molecule has 0 amide bonds. The van der Waals surface area contributed by atoms with Crippen molar-refractivity contribution in [3.05, 3.63) is 175 Å². The van der Waals surface area contributed by atoms with Gasteiger partial charge in [-0.15, -0.1) is 0 Å². The lowest BCUT2D eigenvalue weighted by molar-refractivity contribution is 0.660. The number of aromatic nitrogens is 3. The van der Waals surface area contributed by atoms with Crippen LogP contribution in [-0.2, 0) is 5.41 Å². The predicted molar refractivity (Wildman–Crippen MR) is 212 cm³/mol. The Bertz CT molecular complexity index is 2760. The van der Waals surface area contributed by atoms with Gasteiger partial charge in [0.2, 0.25) is 0 Å². The summed E-state index contributed by atoms with van der Waals surface area (Å²) in [6, 6.07) is 57.2. The van der Waals surface area contributed by atoms with E-state index in [9.17, 15) is 0 Å². The molecule has 1 aliphatic carbocycles. The Kier molecular flexibility index (Phi) is 6.80. The normalized spacial score (nSPS) is 13.0. The third-order valence-electron chi connectivity index (χ3n) is 10.5. The Hall–Kier alpha value is -6.65. The second kappa shape index (κ2) is 11.7. The van der Waals surface area contributed by atoms with Crippen molar-refractivity contribution in [2.24, 2.45) is 0 Å². The first-order valence-electron chi connectivity index (χ1n) is 17.7. The van der Waals surface area contributed by atoms with Gasteiger partial charge in [0.05, 0.1) is 0 Å².